The zero-order valence-corrected chi connectivity index (χ0v) is 18.6. The second kappa shape index (κ2) is 8.51. The Morgan fingerprint density at radius 1 is 1.39 bits per heavy atom. The predicted molar refractivity (Wildman–Crippen MR) is 120 cm³/mol. The van der Waals surface area contributed by atoms with E-state index in [-0.39, 0.29) is 12.5 Å². The average molecular weight is 425 g/mol. The van der Waals surface area contributed by atoms with Gasteiger partial charge in [0.2, 0.25) is 0 Å². The molecule has 0 bridgehead atoms. The lowest BCUT2D eigenvalue weighted by molar-refractivity contribution is -0.0743. The summed E-state index contributed by atoms with van der Waals surface area (Å²) in [7, 11) is 0. The number of nitrogens with zero attached hydrogens (tertiary/aromatic N) is 1. The van der Waals surface area contributed by atoms with Crippen molar-refractivity contribution in [1.82, 2.24) is 10.2 Å². The molecule has 3 N–H and O–H groups in total. The molecule has 1 aromatic rings. The minimum atomic E-state index is -1.01. The number of aliphatic hydroxyl groups is 2. The maximum absolute atomic E-state index is 12.9. The average Bonchev–Trinajstić information content (AvgIpc) is 2.69. The van der Waals surface area contributed by atoms with Crippen molar-refractivity contribution in [2.45, 2.75) is 56.5 Å². The van der Waals surface area contributed by atoms with Gasteiger partial charge in [-0.1, -0.05) is 43.2 Å². The van der Waals surface area contributed by atoms with E-state index in [4.69, 9.17) is 4.74 Å². The highest BCUT2D eigenvalue weighted by atomic mass is 16.6. The first kappa shape index (κ1) is 23.1. The Kier molecular flexibility index (Phi) is 6.33. The van der Waals surface area contributed by atoms with Gasteiger partial charge in [-0.2, -0.15) is 0 Å². The summed E-state index contributed by atoms with van der Waals surface area (Å²) in [5.74, 6) is 5.90. The first-order valence-electron chi connectivity index (χ1n) is 10.6. The Morgan fingerprint density at radius 3 is 2.52 bits per heavy atom. The molecule has 2 heterocycles. The lowest BCUT2D eigenvalue weighted by atomic mass is 9.80. The van der Waals surface area contributed by atoms with Gasteiger partial charge in [0, 0.05) is 38.0 Å². The van der Waals surface area contributed by atoms with Gasteiger partial charge in [0.1, 0.15) is 11.2 Å². The van der Waals surface area contributed by atoms with Crippen LogP contribution in [0.15, 0.2) is 49.1 Å². The summed E-state index contributed by atoms with van der Waals surface area (Å²) in [5, 5.41) is 23.4. The third-order valence-corrected chi connectivity index (χ3v) is 5.96. The van der Waals surface area contributed by atoms with Crippen LogP contribution in [0.4, 0.5) is 4.79 Å². The molecule has 2 aliphatic heterocycles. The van der Waals surface area contributed by atoms with Crippen molar-refractivity contribution in [2.75, 3.05) is 19.6 Å². The van der Waals surface area contributed by atoms with Crippen LogP contribution in [0.5, 0.6) is 0 Å². The van der Waals surface area contributed by atoms with Crippen molar-refractivity contribution in [3.8, 4) is 11.8 Å². The molecule has 2 atom stereocenters. The molecule has 6 heteroatoms. The minimum Gasteiger partial charge on any atom is -0.438 e. The van der Waals surface area contributed by atoms with Gasteiger partial charge in [-0.05, 0) is 44.0 Å². The summed E-state index contributed by atoms with van der Waals surface area (Å²) in [6.45, 7) is 14.6. The topological polar surface area (TPSA) is 82.0 Å². The highest BCUT2D eigenvalue weighted by Crippen LogP contribution is 2.39. The van der Waals surface area contributed by atoms with Crippen molar-refractivity contribution in [1.29, 1.82) is 0 Å². The van der Waals surface area contributed by atoms with Gasteiger partial charge in [0.05, 0.1) is 11.6 Å². The van der Waals surface area contributed by atoms with Gasteiger partial charge in [-0.15, -0.1) is 0 Å². The molecular formula is C25H32N2O4. The van der Waals surface area contributed by atoms with Crippen molar-refractivity contribution in [3.63, 3.8) is 0 Å². The summed E-state index contributed by atoms with van der Waals surface area (Å²) in [6, 6.07) is 7.47. The molecule has 3 rings (SSSR count). The molecule has 166 valence electrons. The lowest BCUT2D eigenvalue weighted by Gasteiger charge is -2.45. The second-order valence-corrected chi connectivity index (χ2v) is 9.21. The monoisotopic (exact) mass is 424 g/mol. The molecule has 2 aliphatic rings. The lowest BCUT2D eigenvalue weighted by Crippen LogP contribution is -2.58. The molecule has 6 nitrogen and oxygen atoms in total. The van der Waals surface area contributed by atoms with Crippen LogP contribution in [0.2, 0.25) is 0 Å². The van der Waals surface area contributed by atoms with Gasteiger partial charge < -0.3 is 25.2 Å². The fraction of sp³-hybridized carbons (Fsp3) is 0.480. The largest absolute Gasteiger partial charge is 0.438 e. The van der Waals surface area contributed by atoms with Crippen LogP contribution >= 0.6 is 0 Å². The Hall–Kier alpha value is -2.59. The van der Waals surface area contributed by atoms with E-state index in [2.05, 4.69) is 30.3 Å². The van der Waals surface area contributed by atoms with Crippen LogP contribution in [0, 0.1) is 11.8 Å². The molecule has 0 aromatic heterocycles. The molecule has 2 fully saturated rings. The molecule has 0 aliphatic carbocycles. The van der Waals surface area contributed by atoms with Crippen molar-refractivity contribution >= 4 is 6.09 Å². The van der Waals surface area contributed by atoms with E-state index in [0.29, 0.717) is 31.6 Å². The van der Waals surface area contributed by atoms with Crippen molar-refractivity contribution in [2.24, 2.45) is 0 Å². The summed E-state index contributed by atoms with van der Waals surface area (Å²) in [6.07, 6.45) is 1.94. The number of hydrogen-bond acceptors (Lipinski definition) is 5. The number of carbonyl (C=O) groups excluding carboxylic acids is 1. The fourth-order valence-electron chi connectivity index (χ4n) is 4.03. The van der Waals surface area contributed by atoms with Crippen LogP contribution in [0.25, 0.3) is 0 Å². The van der Waals surface area contributed by atoms with Gasteiger partial charge >= 0.3 is 6.09 Å². The molecule has 2 saturated heterocycles. The first-order valence-corrected chi connectivity index (χ1v) is 10.6. The predicted octanol–water partition coefficient (Wildman–Crippen LogP) is 2.92. The van der Waals surface area contributed by atoms with Gasteiger partial charge in [-0.25, -0.2) is 4.79 Å². The number of β-amino-alcohol motifs (C(OH)–C–C–N with tert-alkyl or cyclic N) is 1. The van der Waals surface area contributed by atoms with Gasteiger partial charge in [-0.3, -0.25) is 0 Å². The van der Waals surface area contributed by atoms with Gasteiger partial charge in [0.25, 0.3) is 0 Å². The summed E-state index contributed by atoms with van der Waals surface area (Å²) in [5.41, 5.74) is -0.535. The molecule has 31 heavy (non-hydrogen) atoms. The van der Waals surface area contributed by atoms with E-state index in [1.54, 1.807) is 24.8 Å². The molecule has 0 saturated carbocycles. The molecular weight excluding hydrogens is 392 g/mol. The Labute approximate surface area is 184 Å². The number of carbonyl (C=O) groups is 1. The highest BCUT2D eigenvalue weighted by molar-refractivity contribution is 5.70. The SMILES string of the molecule is C=CC(=C)C1(CC(C)(C)O)CCN(C(C)c2ccc(C#CC3(O)CNC3)cc2)C(=O)O1. The summed E-state index contributed by atoms with van der Waals surface area (Å²) < 4.78 is 5.88. The van der Waals surface area contributed by atoms with Gasteiger partial charge in [0.15, 0.2) is 0 Å². The van der Waals surface area contributed by atoms with Crippen LogP contribution in [0.3, 0.4) is 0 Å². The summed E-state index contributed by atoms with van der Waals surface area (Å²) in [4.78, 5) is 14.6. The number of ether oxygens (including phenoxy) is 1. The smallest absolute Gasteiger partial charge is 0.411 e. The summed E-state index contributed by atoms with van der Waals surface area (Å²) >= 11 is 0. The van der Waals surface area contributed by atoms with E-state index in [1.807, 2.05) is 31.2 Å². The van der Waals surface area contributed by atoms with Crippen LogP contribution < -0.4 is 5.32 Å². The highest BCUT2D eigenvalue weighted by Gasteiger charge is 2.46. The van der Waals surface area contributed by atoms with E-state index < -0.39 is 22.9 Å². The van der Waals surface area contributed by atoms with Crippen LogP contribution in [0.1, 0.15) is 50.8 Å². The molecule has 0 spiro atoms. The number of amides is 1. The third-order valence-electron chi connectivity index (χ3n) is 5.96. The molecule has 1 aromatic carbocycles. The van der Waals surface area contributed by atoms with E-state index in [9.17, 15) is 15.0 Å². The maximum atomic E-state index is 12.9. The van der Waals surface area contributed by atoms with E-state index in [0.717, 1.165) is 11.1 Å². The standard InChI is InChI=1S/C25H32N2O4/c1-6-18(2)25(15-23(4,5)29)13-14-27(22(28)31-25)19(3)21-9-7-20(8-10-21)11-12-24(30)16-26-17-24/h6-10,19,26,29-30H,1-2,13-17H2,3-5H3. The third kappa shape index (κ3) is 5.19. The van der Waals surface area contributed by atoms with Crippen LogP contribution in [-0.4, -0.2) is 57.6 Å². The Balaban J connectivity index is 1.71. The van der Waals surface area contributed by atoms with Crippen molar-refractivity contribution in [3.05, 3.63) is 60.2 Å². The molecule has 0 radical (unpaired) electrons. The number of benzene rings is 1. The zero-order valence-electron chi connectivity index (χ0n) is 18.6. The Morgan fingerprint density at radius 2 is 2.03 bits per heavy atom. The number of rotatable bonds is 6. The normalized spacial score (nSPS) is 23.6. The number of hydrogen-bond donors (Lipinski definition) is 3. The van der Waals surface area contributed by atoms with E-state index in [1.165, 1.54) is 0 Å². The number of cyclic esters (lactones) is 1. The second-order valence-electron chi connectivity index (χ2n) is 9.21. The molecule has 1 amide bonds. The Bertz CT molecular complexity index is 916. The number of nitrogens with one attached hydrogen (secondary N) is 1. The van der Waals surface area contributed by atoms with E-state index >= 15 is 0 Å². The maximum Gasteiger partial charge on any atom is 0.411 e. The zero-order chi connectivity index (χ0) is 22.9. The quantitative estimate of drug-likeness (QED) is 0.483. The first-order chi connectivity index (χ1) is 14.5. The van der Waals surface area contributed by atoms with Crippen molar-refractivity contribution < 1.29 is 19.7 Å². The molecule has 2 unspecified atom stereocenters. The minimum absolute atomic E-state index is 0.188. The van der Waals surface area contributed by atoms with Crippen LogP contribution in [-0.2, 0) is 4.74 Å². The fourth-order valence-corrected chi connectivity index (χ4v) is 4.03.